The Morgan fingerprint density at radius 3 is 2.78 bits per heavy atom. The molecule has 0 radical (unpaired) electrons. The zero-order valence-electron chi connectivity index (χ0n) is 14.4. The second-order valence-corrected chi connectivity index (χ2v) is 7.46. The summed E-state index contributed by atoms with van der Waals surface area (Å²) in [6, 6.07) is 13.1. The van der Waals surface area contributed by atoms with Crippen molar-refractivity contribution < 1.29 is 19.0 Å². The van der Waals surface area contributed by atoms with Crippen LogP contribution < -0.4 is 19.5 Å². The van der Waals surface area contributed by atoms with Gasteiger partial charge in [-0.3, -0.25) is 9.69 Å². The molecule has 0 bridgehead atoms. The molecule has 2 aliphatic heterocycles. The summed E-state index contributed by atoms with van der Waals surface area (Å²) in [6.07, 6.45) is 1.81. The number of fused-ring (bicyclic) bond motifs is 1. The lowest BCUT2D eigenvalue weighted by Crippen LogP contribution is -2.33. The first-order valence-corrected chi connectivity index (χ1v) is 9.39. The maximum atomic E-state index is 12.7. The van der Waals surface area contributed by atoms with Gasteiger partial charge < -0.3 is 19.5 Å². The number of nitrogens with one attached hydrogen (secondary N) is 1. The second kappa shape index (κ2) is 7.50. The number of amides is 1. The molecule has 2 aromatic rings. The van der Waals surface area contributed by atoms with Crippen molar-refractivity contribution in [2.75, 3.05) is 25.9 Å². The molecule has 1 N–H and O–H groups in total. The minimum atomic E-state index is -0.122. The van der Waals surface area contributed by atoms with E-state index in [1.165, 1.54) is 11.8 Å². The number of hydrogen-bond acceptors (Lipinski definition) is 7. The van der Waals surface area contributed by atoms with Crippen LogP contribution in [-0.2, 0) is 4.79 Å². The third-order valence-electron chi connectivity index (χ3n) is 4.10. The van der Waals surface area contributed by atoms with Gasteiger partial charge in [-0.25, -0.2) is 0 Å². The standard InChI is InChI=1S/C19H16N2O4S2/c1-23-14-5-3-13(4-6-14)20-10-21-18(22)17(27-19(21)26)9-12-2-7-15-16(8-12)25-11-24-15/h2-9,20H,10-11H2,1H3/b17-9+. The first-order chi connectivity index (χ1) is 13.1. The van der Waals surface area contributed by atoms with E-state index in [1.54, 1.807) is 12.0 Å². The molecule has 1 amide bonds. The Hall–Kier alpha value is -2.71. The zero-order valence-corrected chi connectivity index (χ0v) is 16.1. The minimum absolute atomic E-state index is 0.122. The number of rotatable bonds is 5. The zero-order chi connectivity index (χ0) is 18.8. The van der Waals surface area contributed by atoms with Crippen LogP contribution in [0.5, 0.6) is 17.2 Å². The summed E-state index contributed by atoms with van der Waals surface area (Å²) in [5.74, 6) is 2.05. The Morgan fingerprint density at radius 2 is 2.00 bits per heavy atom. The molecule has 6 nitrogen and oxygen atoms in total. The van der Waals surface area contributed by atoms with E-state index in [9.17, 15) is 4.79 Å². The molecule has 8 heteroatoms. The van der Waals surface area contributed by atoms with E-state index in [4.69, 9.17) is 26.4 Å². The molecular weight excluding hydrogens is 384 g/mol. The van der Waals surface area contributed by atoms with Crippen LogP contribution >= 0.6 is 24.0 Å². The number of hydrogen-bond donors (Lipinski definition) is 1. The van der Waals surface area contributed by atoms with Crippen molar-refractivity contribution in [1.82, 2.24) is 4.90 Å². The van der Waals surface area contributed by atoms with E-state index >= 15 is 0 Å². The van der Waals surface area contributed by atoms with E-state index in [0.717, 1.165) is 17.0 Å². The summed E-state index contributed by atoms with van der Waals surface area (Å²) >= 11 is 6.66. The van der Waals surface area contributed by atoms with Gasteiger partial charge in [-0.2, -0.15) is 0 Å². The predicted octanol–water partition coefficient (Wildman–Crippen LogP) is 3.69. The first-order valence-electron chi connectivity index (χ1n) is 8.17. The molecule has 0 atom stereocenters. The molecule has 2 aromatic carbocycles. The maximum Gasteiger partial charge on any atom is 0.267 e. The fourth-order valence-electron chi connectivity index (χ4n) is 2.67. The highest BCUT2D eigenvalue weighted by Gasteiger charge is 2.31. The average Bonchev–Trinajstić information content (AvgIpc) is 3.25. The van der Waals surface area contributed by atoms with Crippen molar-refractivity contribution in [3.05, 3.63) is 52.9 Å². The summed E-state index contributed by atoms with van der Waals surface area (Å²) in [7, 11) is 1.62. The number of carbonyl (C=O) groups is 1. The molecule has 2 aliphatic rings. The van der Waals surface area contributed by atoms with Gasteiger partial charge in [-0.15, -0.1) is 0 Å². The van der Waals surface area contributed by atoms with Gasteiger partial charge in [0, 0.05) is 5.69 Å². The maximum absolute atomic E-state index is 12.7. The number of ether oxygens (including phenoxy) is 3. The van der Waals surface area contributed by atoms with Crippen LogP contribution in [-0.4, -0.2) is 35.7 Å². The predicted molar refractivity (Wildman–Crippen MR) is 109 cm³/mol. The van der Waals surface area contributed by atoms with Gasteiger partial charge in [-0.1, -0.05) is 30.0 Å². The SMILES string of the molecule is COc1ccc(NCN2C(=O)/C(=C\c3ccc4c(c3)OCO4)SC2=S)cc1. The van der Waals surface area contributed by atoms with E-state index in [-0.39, 0.29) is 12.7 Å². The second-order valence-electron chi connectivity index (χ2n) is 5.79. The number of thiocarbonyl (C=S) groups is 1. The molecule has 1 fully saturated rings. The van der Waals surface area contributed by atoms with E-state index < -0.39 is 0 Å². The third-order valence-corrected chi connectivity index (χ3v) is 5.48. The van der Waals surface area contributed by atoms with Crippen molar-refractivity contribution in [3.8, 4) is 17.2 Å². The highest BCUT2D eigenvalue weighted by atomic mass is 32.2. The van der Waals surface area contributed by atoms with Crippen molar-refractivity contribution >= 4 is 46.0 Å². The Bertz CT molecular complexity index is 928. The smallest absolute Gasteiger partial charge is 0.267 e. The number of nitrogens with zero attached hydrogens (tertiary/aromatic N) is 1. The molecule has 0 aliphatic carbocycles. The molecule has 1 saturated heterocycles. The molecule has 4 rings (SSSR count). The van der Waals surface area contributed by atoms with Crippen LogP contribution in [0.4, 0.5) is 5.69 Å². The molecule has 0 saturated carbocycles. The Labute approximate surface area is 166 Å². The van der Waals surface area contributed by atoms with Crippen molar-refractivity contribution in [3.63, 3.8) is 0 Å². The van der Waals surface area contributed by atoms with Gasteiger partial charge in [0.1, 0.15) is 10.1 Å². The molecular formula is C19H16N2O4S2. The topological polar surface area (TPSA) is 60.0 Å². The number of methoxy groups -OCH3 is 1. The quantitative estimate of drug-likeness (QED) is 0.607. The molecule has 0 unspecified atom stereocenters. The summed E-state index contributed by atoms with van der Waals surface area (Å²) in [5.41, 5.74) is 1.74. The molecule has 0 spiro atoms. The van der Waals surface area contributed by atoms with Gasteiger partial charge in [0.05, 0.1) is 18.7 Å². The number of thioether (sulfide) groups is 1. The molecule has 27 heavy (non-hydrogen) atoms. The normalized spacial score (nSPS) is 16.9. The van der Waals surface area contributed by atoms with Gasteiger partial charge in [-0.05, 0) is 48.0 Å². The van der Waals surface area contributed by atoms with Gasteiger partial charge in [0.25, 0.3) is 5.91 Å². The van der Waals surface area contributed by atoms with E-state index in [1.807, 2.05) is 48.5 Å². The van der Waals surface area contributed by atoms with Crippen molar-refractivity contribution in [1.29, 1.82) is 0 Å². The van der Waals surface area contributed by atoms with Gasteiger partial charge in [0.15, 0.2) is 11.5 Å². The fourth-order valence-corrected chi connectivity index (χ4v) is 3.92. The van der Waals surface area contributed by atoms with Crippen LogP contribution in [0, 0.1) is 0 Å². The van der Waals surface area contributed by atoms with Crippen molar-refractivity contribution in [2.24, 2.45) is 0 Å². The Kier molecular flexibility index (Phi) is 4.91. The molecule has 0 aromatic heterocycles. The number of benzene rings is 2. The van der Waals surface area contributed by atoms with Crippen LogP contribution in [0.15, 0.2) is 47.4 Å². The highest BCUT2D eigenvalue weighted by Crippen LogP contribution is 2.36. The van der Waals surface area contributed by atoms with Gasteiger partial charge in [0.2, 0.25) is 6.79 Å². The van der Waals surface area contributed by atoms with Gasteiger partial charge >= 0.3 is 0 Å². The fraction of sp³-hybridized carbons (Fsp3) is 0.158. The minimum Gasteiger partial charge on any atom is -0.497 e. The lowest BCUT2D eigenvalue weighted by atomic mass is 10.2. The largest absolute Gasteiger partial charge is 0.497 e. The Balaban J connectivity index is 1.45. The van der Waals surface area contributed by atoms with E-state index in [0.29, 0.717) is 27.4 Å². The lowest BCUT2D eigenvalue weighted by Gasteiger charge is -2.16. The summed E-state index contributed by atoms with van der Waals surface area (Å²) in [6.45, 7) is 0.521. The average molecular weight is 400 g/mol. The third kappa shape index (κ3) is 3.72. The molecule has 138 valence electrons. The van der Waals surface area contributed by atoms with Crippen molar-refractivity contribution in [2.45, 2.75) is 0 Å². The van der Waals surface area contributed by atoms with E-state index in [2.05, 4.69) is 5.32 Å². The summed E-state index contributed by atoms with van der Waals surface area (Å²) in [4.78, 5) is 14.8. The van der Waals surface area contributed by atoms with Crippen LogP contribution in [0.25, 0.3) is 6.08 Å². The van der Waals surface area contributed by atoms with Crippen LogP contribution in [0.2, 0.25) is 0 Å². The lowest BCUT2D eigenvalue weighted by molar-refractivity contribution is -0.121. The summed E-state index contributed by atoms with van der Waals surface area (Å²) < 4.78 is 16.3. The highest BCUT2D eigenvalue weighted by molar-refractivity contribution is 8.26. The first kappa shape index (κ1) is 17.7. The monoisotopic (exact) mass is 400 g/mol. The number of anilines is 1. The molecule has 2 heterocycles. The van der Waals surface area contributed by atoms with Crippen LogP contribution in [0.1, 0.15) is 5.56 Å². The van der Waals surface area contributed by atoms with Crippen LogP contribution in [0.3, 0.4) is 0 Å². The Morgan fingerprint density at radius 1 is 1.22 bits per heavy atom. The number of carbonyl (C=O) groups excluding carboxylic acids is 1. The summed E-state index contributed by atoms with van der Waals surface area (Å²) in [5, 5.41) is 3.20.